The Labute approximate surface area is 178 Å². The third kappa shape index (κ3) is 4.30. The molecule has 0 aliphatic carbocycles. The number of hydroxylamine groups is 1. The molecule has 0 saturated carbocycles. The van der Waals surface area contributed by atoms with Gasteiger partial charge in [-0.1, -0.05) is 12.1 Å². The summed E-state index contributed by atoms with van der Waals surface area (Å²) in [5, 5.41) is 9.75. The summed E-state index contributed by atoms with van der Waals surface area (Å²) in [6, 6.07) is 15.0. The van der Waals surface area contributed by atoms with E-state index in [0.717, 1.165) is 45.9 Å². The Bertz CT molecular complexity index is 1060. The van der Waals surface area contributed by atoms with Gasteiger partial charge in [0.2, 0.25) is 0 Å². The third-order valence-electron chi connectivity index (χ3n) is 5.32. The number of rotatable bonds is 5. The lowest BCUT2D eigenvalue weighted by molar-refractivity contribution is 0.0633. The minimum absolute atomic E-state index is 0.0779. The predicted octanol–water partition coefficient (Wildman–Crippen LogP) is 2.99. The Morgan fingerprint density at radius 2 is 1.80 bits per heavy atom. The summed E-state index contributed by atoms with van der Waals surface area (Å²) in [7, 11) is 1.64. The van der Waals surface area contributed by atoms with Crippen molar-refractivity contribution >= 4 is 33.2 Å². The molecule has 3 aromatic rings. The number of nitrogens with one attached hydrogen (secondary N) is 1. The van der Waals surface area contributed by atoms with Gasteiger partial charge < -0.3 is 9.64 Å². The summed E-state index contributed by atoms with van der Waals surface area (Å²) in [5.74, 6) is 0.351. The first-order valence-electron chi connectivity index (χ1n) is 9.70. The number of benzene rings is 2. The van der Waals surface area contributed by atoms with Gasteiger partial charge in [-0.15, -0.1) is 11.3 Å². The van der Waals surface area contributed by atoms with Crippen LogP contribution in [0.25, 0.3) is 10.1 Å². The average molecular weight is 426 g/mol. The van der Waals surface area contributed by atoms with Crippen molar-refractivity contribution in [3.8, 4) is 5.75 Å². The number of piperazine rings is 1. The molecule has 0 bridgehead atoms. The van der Waals surface area contributed by atoms with Gasteiger partial charge in [-0.2, -0.15) is 0 Å². The van der Waals surface area contributed by atoms with Crippen LogP contribution in [0.15, 0.2) is 48.5 Å². The van der Waals surface area contributed by atoms with E-state index in [-0.39, 0.29) is 5.91 Å². The van der Waals surface area contributed by atoms with Crippen molar-refractivity contribution in [3.63, 3.8) is 0 Å². The highest BCUT2D eigenvalue weighted by atomic mass is 32.1. The fraction of sp³-hybridized carbons (Fsp3) is 0.273. The van der Waals surface area contributed by atoms with E-state index >= 15 is 0 Å². The van der Waals surface area contributed by atoms with E-state index in [1.807, 2.05) is 41.3 Å². The van der Waals surface area contributed by atoms with Gasteiger partial charge in [0.25, 0.3) is 11.8 Å². The van der Waals surface area contributed by atoms with Crippen LogP contribution in [0.4, 0.5) is 0 Å². The molecule has 2 N–H and O–H groups in total. The molecule has 1 aromatic heterocycles. The van der Waals surface area contributed by atoms with Crippen LogP contribution in [0.2, 0.25) is 0 Å². The highest BCUT2D eigenvalue weighted by Gasteiger charge is 2.23. The standard InChI is InChI=1S/C22H23N3O4S/c1-29-18-7-6-17-12-20(30-19(17)13-18)22(27)25-10-8-24(9-11-25)14-15-2-4-16(5-3-15)21(26)23-28/h2-7,12-13,28H,8-11,14H2,1H3,(H,23,26). The Hall–Kier alpha value is -2.94. The molecule has 2 aromatic carbocycles. The molecule has 0 atom stereocenters. The maximum atomic E-state index is 12.9. The number of thiophene rings is 1. The lowest BCUT2D eigenvalue weighted by Gasteiger charge is -2.34. The number of hydrogen-bond donors (Lipinski definition) is 2. The molecule has 0 radical (unpaired) electrons. The normalized spacial score (nSPS) is 14.7. The molecule has 2 amide bonds. The zero-order valence-electron chi connectivity index (χ0n) is 16.6. The van der Waals surface area contributed by atoms with Crippen molar-refractivity contribution in [1.29, 1.82) is 0 Å². The van der Waals surface area contributed by atoms with Crippen molar-refractivity contribution in [2.45, 2.75) is 6.54 Å². The molecule has 0 unspecified atom stereocenters. The first-order chi connectivity index (χ1) is 14.6. The summed E-state index contributed by atoms with van der Waals surface area (Å²) in [6.45, 7) is 3.71. The van der Waals surface area contributed by atoms with E-state index in [1.165, 1.54) is 11.3 Å². The molecule has 30 heavy (non-hydrogen) atoms. The summed E-state index contributed by atoms with van der Waals surface area (Å²) in [6.07, 6.45) is 0. The molecule has 2 heterocycles. The van der Waals surface area contributed by atoms with Crippen LogP contribution >= 0.6 is 11.3 Å². The van der Waals surface area contributed by atoms with Gasteiger partial charge in [-0.3, -0.25) is 19.7 Å². The number of ether oxygens (including phenoxy) is 1. The van der Waals surface area contributed by atoms with Crippen LogP contribution in [0, 0.1) is 0 Å². The average Bonchev–Trinajstić information content (AvgIpc) is 3.22. The van der Waals surface area contributed by atoms with Crippen LogP contribution in [0.5, 0.6) is 5.75 Å². The van der Waals surface area contributed by atoms with Gasteiger partial charge in [0.15, 0.2) is 0 Å². The lowest BCUT2D eigenvalue weighted by Crippen LogP contribution is -2.48. The second kappa shape index (κ2) is 8.83. The smallest absolute Gasteiger partial charge is 0.274 e. The van der Waals surface area contributed by atoms with Gasteiger partial charge in [0, 0.05) is 43.0 Å². The number of methoxy groups -OCH3 is 1. The Morgan fingerprint density at radius 3 is 2.47 bits per heavy atom. The summed E-state index contributed by atoms with van der Waals surface area (Å²) in [5.41, 5.74) is 3.13. The Balaban J connectivity index is 1.35. The molecule has 7 nitrogen and oxygen atoms in total. The highest BCUT2D eigenvalue weighted by molar-refractivity contribution is 7.20. The summed E-state index contributed by atoms with van der Waals surface area (Å²) < 4.78 is 6.32. The van der Waals surface area contributed by atoms with Gasteiger partial charge in [-0.25, -0.2) is 5.48 Å². The number of carbonyl (C=O) groups excluding carboxylic acids is 2. The van der Waals surface area contributed by atoms with E-state index < -0.39 is 5.91 Å². The molecule has 156 valence electrons. The van der Waals surface area contributed by atoms with Crippen LogP contribution in [0.1, 0.15) is 25.6 Å². The minimum Gasteiger partial charge on any atom is -0.497 e. The first kappa shape index (κ1) is 20.3. The first-order valence-corrected chi connectivity index (χ1v) is 10.5. The molecular weight excluding hydrogens is 402 g/mol. The zero-order valence-corrected chi connectivity index (χ0v) is 17.4. The molecule has 8 heteroatoms. The van der Waals surface area contributed by atoms with E-state index in [1.54, 1.807) is 24.7 Å². The van der Waals surface area contributed by atoms with Crippen LogP contribution in [0.3, 0.4) is 0 Å². The van der Waals surface area contributed by atoms with Crippen molar-refractivity contribution in [2.24, 2.45) is 0 Å². The van der Waals surface area contributed by atoms with Crippen molar-refractivity contribution < 1.29 is 19.5 Å². The van der Waals surface area contributed by atoms with E-state index in [0.29, 0.717) is 18.7 Å². The lowest BCUT2D eigenvalue weighted by atomic mass is 10.1. The number of fused-ring (bicyclic) bond motifs is 1. The van der Waals surface area contributed by atoms with E-state index in [2.05, 4.69) is 4.90 Å². The number of nitrogens with zero attached hydrogens (tertiary/aromatic N) is 2. The molecule has 1 saturated heterocycles. The van der Waals surface area contributed by atoms with Crippen molar-refractivity contribution in [1.82, 2.24) is 15.3 Å². The third-order valence-corrected chi connectivity index (χ3v) is 6.41. The fourth-order valence-electron chi connectivity index (χ4n) is 3.59. The van der Waals surface area contributed by atoms with Crippen molar-refractivity contribution in [2.75, 3.05) is 33.3 Å². The monoisotopic (exact) mass is 425 g/mol. The van der Waals surface area contributed by atoms with Crippen LogP contribution in [-0.4, -0.2) is 60.1 Å². The SMILES string of the molecule is COc1ccc2cc(C(=O)N3CCN(Cc4ccc(C(=O)NO)cc4)CC3)sc2c1. The molecule has 1 fully saturated rings. The minimum atomic E-state index is -0.520. The summed E-state index contributed by atoms with van der Waals surface area (Å²) >= 11 is 1.50. The van der Waals surface area contributed by atoms with Gasteiger partial charge in [-0.05, 0) is 47.3 Å². The number of amides is 2. The number of hydrogen-bond acceptors (Lipinski definition) is 6. The maximum Gasteiger partial charge on any atom is 0.274 e. The molecule has 0 spiro atoms. The quantitative estimate of drug-likeness (QED) is 0.485. The number of carbonyl (C=O) groups is 2. The second-order valence-corrected chi connectivity index (χ2v) is 8.30. The largest absolute Gasteiger partial charge is 0.497 e. The van der Waals surface area contributed by atoms with E-state index in [4.69, 9.17) is 9.94 Å². The van der Waals surface area contributed by atoms with Crippen LogP contribution in [-0.2, 0) is 6.54 Å². The maximum absolute atomic E-state index is 12.9. The Kier molecular flexibility index (Phi) is 5.98. The van der Waals surface area contributed by atoms with E-state index in [9.17, 15) is 9.59 Å². The molecule has 4 rings (SSSR count). The van der Waals surface area contributed by atoms with Gasteiger partial charge in [0.05, 0.1) is 12.0 Å². The van der Waals surface area contributed by atoms with Gasteiger partial charge >= 0.3 is 0 Å². The van der Waals surface area contributed by atoms with Crippen molar-refractivity contribution in [3.05, 3.63) is 64.5 Å². The van der Waals surface area contributed by atoms with Crippen LogP contribution < -0.4 is 10.2 Å². The summed E-state index contributed by atoms with van der Waals surface area (Å²) in [4.78, 5) is 29.3. The predicted molar refractivity (Wildman–Crippen MR) is 115 cm³/mol. The fourth-order valence-corrected chi connectivity index (χ4v) is 4.65. The topological polar surface area (TPSA) is 82.1 Å². The second-order valence-electron chi connectivity index (χ2n) is 7.22. The molecular formula is C22H23N3O4S. The molecule has 1 aliphatic rings. The molecule has 1 aliphatic heterocycles. The zero-order chi connectivity index (χ0) is 21.1. The Morgan fingerprint density at radius 1 is 1.07 bits per heavy atom. The highest BCUT2D eigenvalue weighted by Crippen LogP contribution is 2.30. The van der Waals surface area contributed by atoms with Gasteiger partial charge in [0.1, 0.15) is 5.75 Å².